The van der Waals surface area contributed by atoms with Gasteiger partial charge in [-0.2, -0.15) is 5.26 Å². The number of H-pyrrole nitrogens is 1. The molecule has 0 saturated carbocycles. The minimum Gasteiger partial charge on any atom is -0.457 e. The molecular formula is C20H15N3O5. The quantitative estimate of drug-likeness (QED) is 0.516. The zero-order valence-electron chi connectivity index (χ0n) is 14.8. The third-order valence-corrected chi connectivity index (χ3v) is 4.00. The first-order valence-corrected chi connectivity index (χ1v) is 8.21. The Morgan fingerprint density at radius 2 is 2.00 bits per heavy atom. The van der Waals surface area contributed by atoms with Crippen LogP contribution in [-0.4, -0.2) is 17.0 Å². The second-order valence-electron chi connectivity index (χ2n) is 5.77. The van der Waals surface area contributed by atoms with Gasteiger partial charge in [0.05, 0.1) is 17.1 Å². The van der Waals surface area contributed by atoms with Crippen LogP contribution >= 0.6 is 0 Å². The van der Waals surface area contributed by atoms with Crippen molar-refractivity contribution in [3.05, 3.63) is 85.5 Å². The van der Waals surface area contributed by atoms with E-state index in [0.29, 0.717) is 11.5 Å². The fourth-order valence-corrected chi connectivity index (χ4v) is 2.76. The molecule has 140 valence electrons. The van der Waals surface area contributed by atoms with Crippen LogP contribution in [0.15, 0.2) is 51.7 Å². The number of aromatic amines is 1. The lowest BCUT2D eigenvalue weighted by atomic mass is 10.1. The summed E-state index contributed by atoms with van der Waals surface area (Å²) >= 11 is 0. The molecule has 1 N–H and O–H groups in total. The second-order valence-corrected chi connectivity index (χ2v) is 5.77. The molecule has 2 aromatic heterocycles. The smallest absolute Gasteiger partial charge is 0.299 e. The molecule has 0 saturated heterocycles. The van der Waals surface area contributed by atoms with E-state index in [2.05, 4.69) is 4.98 Å². The maximum absolute atomic E-state index is 12.1. The lowest BCUT2D eigenvalue weighted by Gasteiger charge is -2.06. The number of nitrogens with zero attached hydrogens (tertiary/aromatic N) is 2. The average molecular weight is 377 g/mol. The highest BCUT2D eigenvalue weighted by atomic mass is 16.6. The topological polar surface area (TPSA) is 122 Å². The first kappa shape index (κ1) is 18.8. The number of aromatic nitrogens is 1. The van der Waals surface area contributed by atoms with Gasteiger partial charge in [0, 0.05) is 12.7 Å². The van der Waals surface area contributed by atoms with E-state index in [0.717, 1.165) is 5.56 Å². The number of nitrogens with one attached hydrogen (secondary N) is 1. The van der Waals surface area contributed by atoms with Gasteiger partial charge in [-0.05, 0) is 24.3 Å². The summed E-state index contributed by atoms with van der Waals surface area (Å²) in [4.78, 5) is 25.4. The SMILES string of the molecule is COCc1c([N+](=O)[O-])c(/C=C/c2ccc(-c3ccccc3)o2)[nH]c(=O)c1C#N. The van der Waals surface area contributed by atoms with E-state index in [9.17, 15) is 14.9 Å². The molecule has 0 atom stereocenters. The zero-order chi connectivity index (χ0) is 20.1. The molecule has 0 aliphatic heterocycles. The Balaban J connectivity index is 2.03. The Morgan fingerprint density at radius 3 is 2.64 bits per heavy atom. The van der Waals surface area contributed by atoms with Crippen LogP contribution in [0.2, 0.25) is 0 Å². The summed E-state index contributed by atoms with van der Waals surface area (Å²) in [6, 6.07) is 14.6. The van der Waals surface area contributed by atoms with Gasteiger partial charge in [-0.15, -0.1) is 0 Å². The molecule has 0 bridgehead atoms. The first-order chi connectivity index (χ1) is 13.5. The van der Waals surface area contributed by atoms with Crippen LogP contribution in [0, 0.1) is 21.4 Å². The summed E-state index contributed by atoms with van der Waals surface area (Å²) in [6.07, 6.45) is 2.88. The minimum atomic E-state index is -0.718. The number of pyridine rings is 1. The molecule has 0 radical (unpaired) electrons. The third kappa shape index (κ3) is 3.75. The Bertz CT molecular complexity index is 1140. The Hall–Kier alpha value is -3.96. The fourth-order valence-electron chi connectivity index (χ4n) is 2.76. The first-order valence-electron chi connectivity index (χ1n) is 8.21. The van der Waals surface area contributed by atoms with Gasteiger partial charge < -0.3 is 14.1 Å². The number of nitriles is 1. The van der Waals surface area contributed by atoms with Crippen molar-refractivity contribution in [1.29, 1.82) is 5.26 Å². The molecule has 2 heterocycles. The molecule has 28 heavy (non-hydrogen) atoms. The predicted molar refractivity (Wildman–Crippen MR) is 102 cm³/mol. The largest absolute Gasteiger partial charge is 0.457 e. The van der Waals surface area contributed by atoms with E-state index >= 15 is 0 Å². The van der Waals surface area contributed by atoms with Crippen molar-refractivity contribution < 1.29 is 14.1 Å². The van der Waals surface area contributed by atoms with Gasteiger partial charge in [0.1, 0.15) is 28.8 Å². The van der Waals surface area contributed by atoms with Crippen LogP contribution in [-0.2, 0) is 11.3 Å². The highest BCUT2D eigenvalue weighted by Crippen LogP contribution is 2.27. The number of hydrogen-bond donors (Lipinski definition) is 1. The van der Waals surface area contributed by atoms with Crippen molar-refractivity contribution in [2.45, 2.75) is 6.61 Å². The Morgan fingerprint density at radius 1 is 1.25 bits per heavy atom. The zero-order valence-corrected chi connectivity index (χ0v) is 14.8. The molecular weight excluding hydrogens is 362 g/mol. The number of ether oxygens (including phenoxy) is 1. The Labute approximate surface area is 159 Å². The van der Waals surface area contributed by atoms with E-state index in [4.69, 9.17) is 14.4 Å². The summed E-state index contributed by atoms with van der Waals surface area (Å²) in [7, 11) is 1.33. The molecule has 0 unspecified atom stereocenters. The van der Waals surface area contributed by atoms with Crippen molar-refractivity contribution in [3.8, 4) is 17.4 Å². The van der Waals surface area contributed by atoms with Crippen molar-refractivity contribution in [3.63, 3.8) is 0 Å². The van der Waals surface area contributed by atoms with Gasteiger partial charge in [-0.1, -0.05) is 30.3 Å². The van der Waals surface area contributed by atoms with E-state index in [1.165, 1.54) is 19.3 Å². The summed E-state index contributed by atoms with van der Waals surface area (Å²) < 4.78 is 10.7. The molecule has 3 aromatic rings. The molecule has 0 aliphatic rings. The van der Waals surface area contributed by atoms with Gasteiger partial charge >= 0.3 is 0 Å². The molecule has 0 aliphatic carbocycles. The highest BCUT2D eigenvalue weighted by molar-refractivity contribution is 5.73. The van der Waals surface area contributed by atoms with E-state index in [1.54, 1.807) is 18.2 Å². The standard InChI is InChI=1S/C20H15N3O5/c1-27-12-16-15(11-21)20(24)22-17(19(16)23(25)26)9-7-14-8-10-18(28-14)13-5-3-2-4-6-13/h2-10H,12H2,1H3,(H,22,24)/b9-7+. The minimum absolute atomic E-state index is 0.0429. The lowest BCUT2D eigenvalue weighted by Crippen LogP contribution is -2.18. The molecule has 0 spiro atoms. The van der Waals surface area contributed by atoms with Crippen LogP contribution < -0.4 is 5.56 Å². The average Bonchev–Trinajstić information content (AvgIpc) is 3.16. The highest BCUT2D eigenvalue weighted by Gasteiger charge is 2.25. The van der Waals surface area contributed by atoms with Crippen molar-refractivity contribution in [1.82, 2.24) is 4.98 Å². The van der Waals surface area contributed by atoms with Crippen LogP contribution in [0.1, 0.15) is 22.6 Å². The summed E-state index contributed by atoms with van der Waals surface area (Å²) in [5, 5.41) is 20.7. The number of hydrogen-bond acceptors (Lipinski definition) is 6. The number of benzene rings is 1. The van der Waals surface area contributed by atoms with Gasteiger partial charge in [0.25, 0.3) is 11.2 Å². The van der Waals surface area contributed by atoms with Crippen LogP contribution in [0.25, 0.3) is 23.5 Å². The maximum Gasteiger partial charge on any atom is 0.299 e. The monoisotopic (exact) mass is 377 g/mol. The maximum atomic E-state index is 12.1. The van der Waals surface area contributed by atoms with Crippen molar-refractivity contribution in [2.75, 3.05) is 7.11 Å². The summed E-state index contributed by atoms with van der Waals surface area (Å²) in [5.41, 5.74) is -0.660. The predicted octanol–water partition coefficient (Wildman–Crippen LogP) is 3.73. The van der Waals surface area contributed by atoms with Gasteiger partial charge in [0.2, 0.25) is 0 Å². The molecule has 1 aromatic carbocycles. The van der Waals surface area contributed by atoms with Crippen molar-refractivity contribution >= 4 is 17.8 Å². The van der Waals surface area contributed by atoms with Crippen LogP contribution in [0.4, 0.5) is 5.69 Å². The lowest BCUT2D eigenvalue weighted by molar-refractivity contribution is -0.386. The normalized spacial score (nSPS) is 10.9. The van der Waals surface area contributed by atoms with Gasteiger partial charge in [0.15, 0.2) is 0 Å². The molecule has 8 nitrogen and oxygen atoms in total. The van der Waals surface area contributed by atoms with Crippen LogP contribution in [0.5, 0.6) is 0 Å². The van der Waals surface area contributed by atoms with E-state index in [-0.39, 0.29) is 29.1 Å². The number of nitro groups is 1. The second kappa shape index (κ2) is 8.16. The molecule has 3 rings (SSSR count). The van der Waals surface area contributed by atoms with E-state index in [1.807, 2.05) is 30.3 Å². The summed E-state index contributed by atoms with van der Waals surface area (Å²) in [5.74, 6) is 1.09. The van der Waals surface area contributed by atoms with E-state index < -0.39 is 10.5 Å². The molecule has 0 amide bonds. The molecule has 0 fully saturated rings. The van der Waals surface area contributed by atoms with Crippen LogP contribution in [0.3, 0.4) is 0 Å². The van der Waals surface area contributed by atoms with Gasteiger partial charge in [-0.3, -0.25) is 14.9 Å². The number of methoxy groups -OCH3 is 1. The molecule has 8 heteroatoms. The van der Waals surface area contributed by atoms with Gasteiger partial charge in [-0.25, -0.2) is 0 Å². The third-order valence-electron chi connectivity index (χ3n) is 4.00. The van der Waals surface area contributed by atoms with Crippen molar-refractivity contribution in [2.24, 2.45) is 0 Å². The Kier molecular flexibility index (Phi) is 5.48. The summed E-state index contributed by atoms with van der Waals surface area (Å²) in [6.45, 7) is -0.233. The number of rotatable bonds is 6. The fraction of sp³-hybridized carbons (Fsp3) is 0.100. The number of furan rings is 1.